The molecule has 3 rings (SSSR count). The normalized spacial score (nSPS) is 20.2. The summed E-state index contributed by atoms with van der Waals surface area (Å²) in [6.45, 7) is 4.01. The van der Waals surface area contributed by atoms with Gasteiger partial charge in [-0.05, 0) is 12.8 Å². The number of likely N-dealkylation sites (tertiary alicyclic amines) is 1. The third-order valence-electron chi connectivity index (χ3n) is 4.32. The fourth-order valence-electron chi connectivity index (χ4n) is 2.99. The third-order valence-corrected chi connectivity index (χ3v) is 5.15. The second-order valence-electron chi connectivity index (χ2n) is 5.81. The average Bonchev–Trinajstić information content (AvgIpc) is 3.00. The maximum Gasteiger partial charge on any atom is 0.242 e. The van der Waals surface area contributed by atoms with Crippen molar-refractivity contribution in [2.75, 3.05) is 44.2 Å². The van der Waals surface area contributed by atoms with E-state index < -0.39 is 0 Å². The molecule has 1 aromatic rings. The van der Waals surface area contributed by atoms with E-state index >= 15 is 0 Å². The predicted octanol–water partition coefficient (Wildman–Crippen LogP) is 1.19. The molecule has 0 aliphatic carbocycles. The van der Waals surface area contributed by atoms with Crippen molar-refractivity contribution in [2.24, 2.45) is 0 Å². The number of piperazine rings is 1. The summed E-state index contributed by atoms with van der Waals surface area (Å²) in [7, 11) is 0. The van der Waals surface area contributed by atoms with Gasteiger partial charge in [0.05, 0.1) is 6.54 Å². The molecule has 120 valence electrons. The molecule has 2 amide bonds. The quantitative estimate of drug-likeness (QED) is 0.839. The van der Waals surface area contributed by atoms with Gasteiger partial charge in [-0.25, -0.2) is 4.98 Å². The molecule has 2 fully saturated rings. The summed E-state index contributed by atoms with van der Waals surface area (Å²) in [4.78, 5) is 34.5. The van der Waals surface area contributed by atoms with Crippen LogP contribution in [0.15, 0.2) is 11.6 Å². The highest BCUT2D eigenvalue weighted by molar-refractivity contribution is 7.13. The van der Waals surface area contributed by atoms with Crippen molar-refractivity contribution in [3.8, 4) is 0 Å². The lowest BCUT2D eigenvalue weighted by molar-refractivity contribution is -0.140. The maximum absolute atomic E-state index is 12.4. The first-order valence-corrected chi connectivity index (χ1v) is 8.82. The maximum atomic E-state index is 12.4. The highest BCUT2D eigenvalue weighted by Crippen LogP contribution is 2.19. The Kier molecular flexibility index (Phi) is 4.92. The topological polar surface area (TPSA) is 56.8 Å². The monoisotopic (exact) mass is 322 g/mol. The Balaban J connectivity index is 1.50. The zero-order chi connectivity index (χ0) is 15.4. The van der Waals surface area contributed by atoms with Crippen molar-refractivity contribution in [2.45, 2.75) is 25.7 Å². The number of amides is 2. The van der Waals surface area contributed by atoms with Crippen molar-refractivity contribution >= 4 is 28.3 Å². The Bertz CT molecular complexity index is 512. The van der Waals surface area contributed by atoms with Crippen LogP contribution >= 0.6 is 11.3 Å². The molecule has 0 saturated carbocycles. The van der Waals surface area contributed by atoms with E-state index in [1.807, 2.05) is 16.5 Å². The van der Waals surface area contributed by atoms with Crippen molar-refractivity contribution in [3.63, 3.8) is 0 Å². The van der Waals surface area contributed by atoms with Crippen LogP contribution in [0.2, 0.25) is 0 Å². The zero-order valence-corrected chi connectivity index (χ0v) is 13.6. The summed E-state index contributed by atoms with van der Waals surface area (Å²) >= 11 is 1.63. The molecule has 22 heavy (non-hydrogen) atoms. The smallest absolute Gasteiger partial charge is 0.242 e. The van der Waals surface area contributed by atoms with Crippen LogP contribution in [0.4, 0.5) is 5.13 Å². The molecule has 0 atom stereocenters. The molecule has 0 N–H and O–H groups in total. The van der Waals surface area contributed by atoms with Crippen LogP contribution < -0.4 is 4.90 Å². The summed E-state index contributed by atoms with van der Waals surface area (Å²) < 4.78 is 0. The third kappa shape index (κ3) is 3.58. The fraction of sp³-hybridized carbons (Fsp3) is 0.667. The number of aromatic nitrogens is 1. The Morgan fingerprint density at radius 3 is 2.68 bits per heavy atom. The van der Waals surface area contributed by atoms with E-state index in [-0.39, 0.29) is 18.4 Å². The first-order valence-electron chi connectivity index (χ1n) is 7.94. The number of carbonyl (C=O) groups is 2. The van der Waals surface area contributed by atoms with E-state index in [9.17, 15) is 9.59 Å². The summed E-state index contributed by atoms with van der Waals surface area (Å²) in [5.41, 5.74) is 0. The zero-order valence-electron chi connectivity index (χ0n) is 12.7. The summed E-state index contributed by atoms with van der Waals surface area (Å²) in [5, 5.41) is 2.99. The van der Waals surface area contributed by atoms with E-state index in [1.54, 1.807) is 16.2 Å². The van der Waals surface area contributed by atoms with Crippen molar-refractivity contribution in [1.82, 2.24) is 14.8 Å². The van der Waals surface area contributed by atoms with Gasteiger partial charge in [-0.3, -0.25) is 9.59 Å². The van der Waals surface area contributed by atoms with Crippen LogP contribution in [-0.4, -0.2) is 65.9 Å². The molecule has 1 aromatic heterocycles. The van der Waals surface area contributed by atoms with Gasteiger partial charge in [0.1, 0.15) is 0 Å². The summed E-state index contributed by atoms with van der Waals surface area (Å²) in [6, 6.07) is 0. The van der Waals surface area contributed by atoms with Crippen LogP contribution in [0.5, 0.6) is 0 Å². The lowest BCUT2D eigenvalue weighted by Crippen LogP contribution is -2.51. The number of nitrogens with zero attached hydrogens (tertiary/aromatic N) is 4. The number of carbonyl (C=O) groups excluding carboxylic acids is 2. The fourth-order valence-corrected chi connectivity index (χ4v) is 3.69. The van der Waals surface area contributed by atoms with Crippen molar-refractivity contribution < 1.29 is 9.59 Å². The minimum Gasteiger partial charge on any atom is -0.345 e. The van der Waals surface area contributed by atoms with Gasteiger partial charge in [-0.15, -0.1) is 11.3 Å². The number of rotatable bonds is 3. The molecule has 6 nitrogen and oxygen atoms in total. The largest absolute Gasteiger partial charge is 0.345 e. The van der Waals surface area contributed by atoms with Gasteiger partial charge in [-0.2, -0.15) is 0 Å². The molecule has 0 unspecified atom stereocenters. The first kappa shape index (κ1) is 15.3. The van der Waals surface area contributed by atoms with Gasteiger partial charge in [0.25, 0.3) is 0 Å². The Morgan fingerprint density at radius 1 is 1.14 bits per heavy atom. The highest BCUT2D eigenvalue weighted by Gasteiger charge is 2.25. The lowest BCUT2D eigenvalue weighted by Gasteiger charge is -2.35. The molecule has 3 heterocycles. The van der Waals surface area contributed by atoms with Crippen LogP contribution in [0, 0.1) is 0 Å². The van der Waals surface area contributed by atoms with Crippen LogP contribution in [0.25, 0.3) is 0 Å². The molecular weight excluding hydrogens is 300 g/mol. The van der Waals surface area contributed by atoms with Gasteiger partial charge >= 0.3 is 0 Å². The molecular formula is C15H22N4O2S. The van der Waals surface area contributed by atoms with Gasteiger partial charge in [0.15, 0.2) is 5.13 Å². The molecule has 0 spiro atoms. The first-order chi connectivity index (χ1) is 10.7. The van der Waals surface area contributed by atoms with Crippen molar-refractivity contribution in [3.05, 3.63) is 11.6 Å². The van der Waals surface area contributed by atoms with E-state index in [1.165, 1.54) is 0 Å². The number of anilines is 1. The Morgan fingerprint density at radius 2 is 1.95 bits per heavy atom. The van der Waals surface area contributed by atoms with Crippen LogP contribution in [0.3, 0.4) is 0 Å². The van der Waals surface area contributed by atoms with Gasteiger partial charge in [-0.1, -0.05) is 6.42 Å². The van der Waals surface area contributed by atoms with E-state index in [0.717, 1.165) is 44.0 Å². The SMILES string of the molecule is O=C(CN1CCCCCC1=O)N1CCN(c2nccs2)CC1. The molecule has 7 heteroatoms. The lowest BCUT2D eigenvalue weighted by atomic mass is 10.2. The Labute approximate surface area is 134 Å². The molecule has 0 bridgehead atoms. The minimum absolute atomic E-state index is 0.0778. The molecule has 0 aromatic carbocycles. The van der Waals surface area contributed by atoms with Crippen LogP contribution in [0.1, 0.15) is 25.7 Å². The van der Waals surface area contributed by atoms with Gasteiger partial charge in [0.2, 0.25) is 11.8 Å². The summed E-state index contributed by atoms with van der Waals surface area (Å²) in [6.07, 6.45) is 5.45. The molecule has 2 saturated heterocycles. The number of hydrogen-bond donors (Lipinski definition) is 0. The molecule has 2 aliphatic rings. The van der Waals surface area contributed by atoms with E-state index in [0.29, 0.717) is 19.5 Å². The highest BCUT2D eigenvalue weighted by atomic mass is 32.1. The molecule has 2 aliphatic heterocycles. The second kappa shape index (κ2) is 7.09. The minimum atomic E-state index is 0.0778. The molecule has 0 radical (unpaired) electrons. The second-order valence-corrected chi connectivity index (χ2v) is 6.68. The summed E-state index contributed by atoms with van der Waals surface area (Å²) in [5.74, 6) is 0.210. The van der Waals surface area contributed by atoms with Gasteiger partial charge in [0, 0.05) is 50.7 Å². The van der Waals surface area contributed by atoms with Crippen molar-refractivity contribution in [1.29, 1.82) is 0 Å². The number of hydrogen-bond acceptors (Lipinski definition) is 5. The standard InChI is InChI=1S/C15H22N4O2S/c20-13-4-2-1-3-6-19(13)12-14(21)17-7-9-18(10-8-17)15-16-5-11-22-15/h5,11H,1-4,6-10,12H2. The van der Waals surface area contributed by atoms with Crippen LogP contribution in [-0.2, 0) is 9.59 Å². The van der Waals surface area contributed by atoms with E-state index in [4.69, 9.17) is 0 Å². The average molecular weight is 322 g/mol. The predicted molar refractivity (Wildman–Crippen MR) is 86.0 cm³/mol. The Hall–Kier alpha value is -1.63. The van der Waals surface area contributed by atoms with Gasteiger partial charge < -0.3 is 14.7 Å². The van der Waals surface area contributed by atoms with E-state index in [2.05, 4.69) is 9.88 Å². The number of thiazole rings is 1.